The summed E-state index contributed by atoms with van der Waals surface area (Å²) in [6, 6.07) is 3.54. The lowest BCUT2D eigenvalue weighted by Gasteiger charge is -2.38. The molecule has 0 aromatic heterocycles. The first-order valence-electron chi connectivity index (χ1n) is 8.53. The minimum Gasteiger partial charge on any atom is -0.496 e. The van der Waals surface area contributed by atoms with Crippen molar-refractivity contribution in [2.24, 2.45) is 5.16 Å². The van der Waals surface area contributed by atoms with Gasteiger partial charge < -0.3 is 15.1 Å². The van der Waals surface area contributed by atoms with E-state index >= 15 is 0 Å². The van der Waals surface area contributed by atoms with Crippen molar-refractivity contribution in [3.8, 4) is 5.75 Å². The highest BCUT2D eigenvalue weighted by atomic mass is 19.4. The van der Waals surface area contributed by atoms with Crippen LogP contribution in [-0.4, -0.2) is 34.9 Å². The largest absolute Gasteiger partial charge is 0.496 e. The highest BCUT2D eigenvalue weighted by molar-refractivity contribution is 5.95. The van der Waals surface area contributed by atoms with Crippen LogP contribution in [0.2, 0.25) is 0 Å². The lowest BCUT2D eigenvalue weighted by molar-refractivity contribution is -0.263. The molecule has 0 spiro atoms. The third kappa shape index (κ3) is 5.82. The second-order valence-electron chi connectivity index (χ2n) is 7.09. The summed E-state index contributed by atoms with van der Waals surface area (Å²) in [5, 5.41) is 22.4. The van der Waals surface area contributed by atoms with Crippen LogP contribution in [0.25, 0.3) is 0 Å². The monoisotopic (exact) mass is 403 g/mol. The fourth-order valence-corrected chi connectivity index (χ4v) is 3.00. The van der Waals surface area contributed by atoms with Crippen molar-refractivity contribution in [3.05, 3.63) is 53.9 Å². The van der Waals surface area contributed by atoms with E-state index in [1.54, 1.807) is 19.1 Å². The van der Waals surface area contributed by atoms with E-state index < -0.39 is 35.9 Å². The maximum atomic E-state index is 13.8. The Bertz CT molecular complexity index is 754. The Labute approximate surface area is 161 Å². The zero-order valence-corrected chi connectivity index (χ0v) is 16.2. The molecule has 1 rings (SSSR count). The molecule has 1 atom stereocenters. The van der Waals surface area contributed by atoms with Gasteiger partial charge in [-0.05, 0) is 43.0 Å². The molecule has 0 aliphatic heterocycles. The summed E-state index contributed by atoms with van der Waals surface area (Å²) in [6.45, 7) is 4.61. The Morgan fingerprint density at radius 1 is 1.21 bits per heavy atom. The lowest BCUT2D eigenvalue weighted by atomic mass is 9.73. The number of alkyl halides is 3. The molecule has 0 fully saturated rings. The van der Waals surface area contributed by atoms with Gasteiger partial charge in [-0.1, -0.05) is 37.2 Å². The van der Waals surface area contributed by atoms with E-state index in [-0.39, 0.29) is 17.0 Å². The summed E-state index contributed by atoms with van der Waals surface area (Å²) >= 11 is 0. The van der Waals surface area contributed by atoms with E-state index in [9.17, 15) is 22.7 Å². The Kier molecular flexibility index (Phi) is 7.81. The topological polar surface area (TPSA) is 62.0 Å². The van der Waals surface area contributed by atoms with Gasteiger partial charge in [0.2, 0.25) is 0 Å². The zero-order valence-electron chi connectivity index (χ0n) is 16.2. The van der Waals surface area contributed by atoms with Crippen molar-refractivity contribution >= 4 is 5.71 Å². The molecule has 0 radical (unpaired) electrons. The first kappa shape index (κ1) is 23.7. The molecule has 0 saturated carbocycles. The maximum absolute atomic E-state index is 13.8. The Morgan fingerprint density at radius 3 is 2.36 bits per heavy atom. The fraction of sp³-hybridized carbons (Fsp3) is 0.450. The van der Waals surface area contributed by atoms with Crippen LogP contribution >= 0.6 is 0 Å². The van der Waals surface area contributed by atoms with Crippen molar-refractivity contribution in [2.75, 3.05) is 7.11 Å². The number of hydrogen-bond donors (Lipinski definition) is 2. The fourth-order valence-electron chi connectivity index (χ4n) is 3.00. The van der Waals surface area contributed by atoms with Crippen molar-refractivity contribution in [1.29, 1.82) is 0 Å². The number of halogens is 4. The number of allylic oxidation sites excluding steroid dienone is 4. The normalized spacial score (nSPS) is 16.0. The summed E-state index contributed by atoms with van der Waals surface area (Å²) in [5.41, 5.74) is -4.69. The summed E-state index contributed by atoms with van der Waals surface area (Å²) in [4.78, 5) is 0. The summed E-state index contributed by atoms with van der Waals surface area (Å²) in [5.74, 6) is -0.425. The molecule has 8 heteroatoms. The summed E-state index contributed by atoms with van der Waals surface area (Å²) in [7, 11) is 1.32. The second-order valence-corrected chi connectivity index (χ2v) is 7.09. The minimum atomic E-state index is -5.02. The van der Waals surface area contributed by atoms with E-state index in [1.807, 2.05) is 0 Å². The predicted molar refractivity (Wildman–Crippen MR) is 99.4 cm³/mol. The standard InChI is InChI=1S/C20H25F4NO3/c1-5-6-7-8-15(25-27)12-19(26,20(22,23)24)13-18(2,3)16-11-14(21)9-10-17(16)28-4/h5-11,26-27H,12-13H2,1-4H3/b6-5-,8-7-,25-15-. The Hall–Kier alpha value is -2.35. The molecule has 1 aromatic carbocycles. The van der Waals surface area contributed by atoms with Gasteiger partial charge in [-0.15, -0.1) is 0 Å². The highest BCUT2D eigenvalue weighted by Crippen LogP contribution is 2.45. The molecule has 0 saturated heterocycles. The van der Waals surface area contributed by atoms with Crippen LogP contribution in [0.5, 0.6) is 5.75 Å². The molecule has 0 amide bonds. The number of hydrogen-bond acceptors (Lipinski definition) is 4. The lowest BCUT2D eigenvalue weighted by Crippen LogP contribution is -2.50. The van der Waals surface area contributed by atoms with Gasteiger partial charge in [0.15, 0.2) is 5.60 Å². The van der Waals surface area contributed by atoms with Gasteiger partial charge in [0.1, 0.15) is 11.6 Å². The minimum absolute atomic E-state index is 0.185. The van der Waals surface area contributed by atoms with Gasteiger partial charge in [0.05, 0.1) is 12.8 Å². The number of oxime groups is 1. The SMILES string of the molecule is C\C=C/C=C\C(CC(O)(CC(C)(C)c1cc(F)ccc1OC)C(F)(F)F)=N\O. The van der Waals surface area contributed by atoms with E-state index in [0.717, 1.165) is 12.1 Å². The Morgan fingerprint density at radius 2 is 1.86 bits per heavy atom. The van der Waals surface area contributed by atoms with Gasteiger partial charge in [0.25, 0.3) is 0 Å². The molecule has 2 N–H and O–H groups in total. The molecular formula is C20H25F4NO3. The third-order valence-electron chi connectivity index (χ3n) is 4.35. The zero-order chi connectivity index (χ0) is 21.6. The Balaban J connectivity index is 3.33. The molecule has 28 heavy (non-hydrogen) atoms. The van der Waals surface area contributed by atoms with Crippen molar-refractivity contribution in [1.82, 2.24) is 0 Å². The number of nitrogens with zero attached hydrogens (tertiary/aromatic N) is 1. The van der Waals surface area contributed by atoms with Gasteiger partial charge >= 0.3 is 6.18 Å². The first-order chi connectivity index (χ1) is 12.9. The summed E-state index contributed by atoms with van der Waals surface area (Å²) in [6.07, 6.45) is -1.05. The van der Waals surface area contributed by atoms with Gasteiger partial charge in [-0.2, -0.15) is 13.2 Å². The molecular weight excluding hydrogens is 378 g/mol. The van der Waals surface area contributed by atoms with Crippen LogP contribution in [0.3, 0.4) is 0 Å². The van der Waals surface area contributed by atoms with Gasteiger partial charge in [-0.25, -0.2) is 4.39 Å². The highest BCUT2D eigenvalue weighted by Gasteiger charge is 2.56. The second kappa shape index (κ2) is 9.23. The molecule has 1 aromatic rings. The van der Waals surface area contributed by atoms with E-state index in [1.165, 1.54) is 39.2 Å². The van der Waals surface area contributed by atoms with Crippen LogP contribution in [-0.2, 0) is 5.41 Å². The van der Waals surface area contributed by atoms with Crippen molar-refractivity contribution in [2.45, 2.75) is 50.8 Å². The third-order valence-corrected chi connectivity index (χ3v) is 4.35. The van der Waals surface area contributed by atoms with E-state index in [2.05, 4.69) is 5.16 Å². The van der Waals surface area contributed by atoms with Crippen molar-refractivity contribution < 1.29 is 32.6 Å². The average molecular weight is 403 g/mol. The smallest absolute Gasteiger partial charge is 0.417 e. The number of methoxy groups -OCH3 is 1. The molecule has 1 unspecified atom stereocenters. The first-order valence-corrected chi connectivity index (χ1v) is 8.53. The average Bonchev–Trinajstić information content (AvgIpc) is 2.59. The predicted octanol–water partition coefficient (Wildman–Crippen LogP) is 5.15. The van der Waals surface area contributed by atoms with Gasteiger partial charge in [-0.3, -0.25) is 0 Å². The summed E-state index contributed by atoms with van der Waals surface area (Å²) < 4.78 is 60.2. The van der Waals surface area contributed by atoms with Crippen LogP contribution < -0.4 is 4.74 Å². The molecule has 156 valence electrons. The van der Waals surface area contributed by atoms with E-state index in [4.69, 9.17) is 9.94 Å². The van der Waals surface area contributed by atoms with Crippen LogP contribution in [0, 0.1) is 5.82 Å². The quantitative estimate of drug-likeness (QED) is 0.208. The van der Waals surface area contributed by atoms with E-state index in [0.29, 0.717) is 0 Å². The number of ether oxygens (including phenoxy) is 1. The molecule has 0 heterocycles. The number of benzene rings is 1. The van der Waals surface area contributed by atoms with Crippen molar-refractivity contribution in [3.63, 3.8) is 0 Å². The van der Waals surface area contributed by atoms with Crippen LogP contribution in [0.4, 0.5) is 17.6 Å². The molecule has 4 nitrogen and oxygen atoms in total. The molecule has 0 aliphatic carbocycles. The molecule has 0 bridgehead atoms. The van der Waals surface area contributed by atoms with Crippen LogP contribution in [0.1, 0.15) is 39.2 Å². The number of rotatable bonds is 8. The van der Waals surface area contributed by atoms with Crippen LogP contribution in [0.15, 0.2) is 47.7 Å². The molecule has 0 aliphatic rings. The van der Waals surface area contributed by atoms with Gasteiger partial charge in [0, 0.05) is 12.0 Å². The number of aliphatic hydroxyl groups is 1. The maximum Gasteiger partial charge on any atom is 0.417 e.